The van der Waals surface area contributed by atoms with E-state index < -0.39 is 6.10 Å². The van der Waals surface area contributed by atoms with E-state index in [1.807, 2.05) is 4.90 Å². The van der Waals surface area contributed by atoms with Crippen molar-refractivity contribution in [1.29, 1.82) is 0 Å². The Morgan fingerprint density at radius 1 is 1.35 bits per heavy atom. The second-order valence-electron chi connectivity index (χ2n) is 4.94. The summed E-state index contributed by atoms with van der Waals surface area (Å²) < 4.78 is 10.9. The van der Waals surface area contributed by atoms with Crippen molar-refractivity contribution in [3.8, 4) is 11.5 Å². The van der Waals surface area contributed by atoms with Crippen molar-refractivity contribution in [2.24, 2.45) is 0 Å². The van der Waals surface area contributed by atoms with Gasteiger partial charge in [0.2, 0.25) is 0 Å². The molecule has 1 aromatic rings. The Bertz CT molecular complexity index is 469. The molecule has 1 aliphatic heterocycles. The van der Waals surface area contributed by atoms with Gasteiger partial charge in [0.15, 0.2) is 17.6 Å². The summed E-state index contributed by atoms with van der Waals surface area (Å²) in [6, 6.07) is 5.19. The second kappa shape index (κ2) is 6.61. The molecule has 20 heavy (non-hydrogen) atoms. The Kier molecular flexibility index (Phi) is 4.84. The van der Waals surface area contributed by atoms with Crippen LogP contribution >= 0.6 is 0 Å². The zero-order valence-corrected chi connectivity index (χ0v) is 12.0. The summed E-state index contributed by atoms with van der Waals surface area (Å²) in [5.41, 5.74) is 0.724. The number of aliphatic hydroxyl groups excluding tert-OH is 1. The van der Waals surface area contributed by atoms with E-state index in [9.17, 15) is 9.90 Å². The third-order valence-electron chi connectivity index (χ3n) is 3.48. The summed E-state index contributed by atoms with van der Waals surface area (Å²) in [6.45, 7) is 3.28. The predicted octanol–water partition coefficient (Wildman–Crippen LogP) is 1.58. The lowest BCUT2D eigenvalue weighted by Gasteiger charge is -2.22. The highest BCUT2D eigenvalue weighted by atomic mass is 16.5. The molecule has 0 bridgehead atoms. The molecule has 0 aliphatic carbocycles. The molecule has 1 fully saturated rings. The number of methoxy groups -OCH3 is 1. The molecule has 0 radical (unpaired) electrons. The molecule has 0 aromatic heterocycles. The van der Waals surface area contributed by atoms with E-state index in [1.54, 1.807) is 32.2 Å². The maximum absolute atomic E-state index is 12.2. The molecule has 1 N–H and O–H groups in total. The summed E-state index contributed by atoms with van der Waals surface area (Å²) in [5.74, 6) is 1.04. The van der Waals surface area contributed by atoms with E-state index in [0.29, 0.717) is 11.5 Å². The van der Waals surface area contributed by atoms with Crippen molar-refractivity contribution in [3.05, 3.63) is 23.8 Å². The van der Waals surface area contributed by atoms with E-state index in [4.69, 9.17) is 9.47 Å². The van der Waals surface area contributed by atoms with Gasteiger partial charge in [-0.1, -0.05) is 6.07 Å². The first-order chi connectivity index (χ1) is 9.65. The molecular formula is C15H21NO4. The molecule has 1 atom stereocenters. The molecule has 0 spiro atoms. The summed E-state index contributed by atoms with van der Waals surface area (Å²) in [5, 5.41) is 9.17. The normalized spacial score (nSPS) is 16.1. The highest BCUT2D eigenvalue weighted by Crippen LogP contribution is 2.29. The fraction of sp³-hybridized carbons (Fsp3) is 0.533. The van der Waals surface area contributed by atoms with Crippen LogP contribution in [0.15, 0.2) is 18.2 Å². The van der Waals surface area contributed by atoms with Crippen LogP contribution in [0.25, 0.3) is 0 Å². The van der Waals surface area contributed by atoms with Gasteiger partial charge in [-0.15, -0.1) is 0 Å². The predicted molar refractivity (Wildman–Crippen MR) is 74.8 cm³/mol. The number of aliphatic hydroxyl groups is 1. The van der Waals surface area contributed by atoms with Crippen molar-refractivity contribution in [3.63, 3.8) is 0 Å². The molecule has 1 saturated heterocycles. The number of likely N-dealkylation sites (tertiary alicyclic amines) is 1. The summed E-state index contributed by atoms with van der Waals surface area (Å²) in [6.07, 6.45) is 1.56. The van der Waals surface area contributed by atoms with Crippen LogP contribution in [0.5, 0.6) is 11.5 Å². The van der Waals surface area contributed by atoms with Crippen LogP contribution in [0, 0.1) is 0 Å². The zero-order valence-electron chi connectivity index (χ0n) is 12.0. The van der Waals surface area contributed by atoms with Gasteiger partial charge in [0.05, 0.1) is 13.7 Å². The van der Waals surface area contributed by atoms with E-state index >= 15 is 0 Å². The minimum atomic E-state index is -0.559. The summed E-state index contributed by atoms with van der Waals surface area (Å²) in [7, 11) is 1.55. The molecule has 0 saturated carbocycles. The number of hydrogen-bond acceptors (Lipinski definition) is 4. The van der Waals surface area contributed by atoms with Crippen LogP contribution in [0.2, 0.25) is 0 Å². The van der Waals surface area contributed by atoms with Crippen molar-refractivity contribution in [2.45, 2.75) is 32.5 Å². The number of carbonyl (C=O) groups excluding carboxylic acids is 1. The van der Waals surface area contributed by atoms with Crippen molar-refractivity contribution in [1.82, 2.24) is 4.90 Å². The van der Waals surface area contributed by atoms with E-state index in [1.165, 1.54) is 0 Å². The van der Waals surface area contributed by atoms with Crippen LogP contribution in [0.4, 0.5) is 0 Å². The van der Waals surface area contributed by atoms with Gasteiger partial charge < -0.3 is 19.5 Å². The van der Waals surface area contributed by atoms with Gasteiger partial charge in [0.1, 0.15) is 0 Å². The first-order valence-corrected chi connectivity index (χ1v) is 6.89. The van der Waals surface area contributed by atoms with E-state index in [-0.39, 0.29) is 12.5 Å². The quantitative estimate of drug-likeness (QED) is 0.889. The molecular weight excluding hydrogens is 258 g/mol. The maximum atomic E-state index is 12.2. The molecule has 1 aromatic carbocycles. The third kappa shape index (κ3) is 3.22. The first-order valence-electron chi connectivity index (χ1n) is 6.89. The Morgan fingerprint density at radius 3 is 2.65 bits per heavy atom. The number of nitrogens with zero attached hydrogens (tertiary/aromatic N) is 1. The zero-order chi connectivity index (χ0) is 14.5. The maximum Gasteiger partial charge on any atom is 0.263 e. The highest BCUT2D eigenvalue weighted by molar-refractivity contribution is 5.81. The fourth-order valence-electron chi connectivity index (χ4n) is 2.35. The van der Waals surface area contributed by atoms with Gasteiger partial charge in [0, 0.05) is 13.1 Å². The number of benzene rings is 1. The number of hydrogen-bond donors (Lipinski definition) is 1. The van der Waals surface area contributed by atoms with Crippen LogP contribution in [-0.2, 0) is 11.4 Å². The molecule has 1 heterocycles. The monoisotopic (exact) mass is 279 g/mol. The van der Waals surface area contributed by atoms with Gasteiger partial charge in [-0.25, -0.2) is 0 Å². The SMILES string of the molecule is COc1ccc(CO)cc1OC(C)C(=O)N1CCCC1. The van der Waals surface area contributed by atoms with Crippen molar-refractivity contribution in [2.75, 3.05) is 20.2 Å². The van der Waals surface area contributed by atoms with E-state index in [2.05, 4.69) is 0 Å². The molecule has 5 heteroatoms. The van der Waals surface area contributed by atoms with Gasteiger partial charge >= 0.3 is 0 Å². The summed E-state index contributed by atoms with van der Waals surface area (Å²) >= 11 is 0. The second-order valence-corrected chi connectivity index (χ2v) is 4.94. The Labute approximate surface area is 119 Å². The molecule has 110 valence electrons. The smallest absolute Gasteiger partial charge is 0.263 e. The average molecular weight is 279 g/mol. The molecule has 1 amide bonds. The number of carbonyl (C=O) groups is 1. The first kappa shape index (κ1) is 14.7. The molecule has 1 aliphatic rings. The van der Waals surface area contributed by atoms with Crippen LogP contribution in [0.1, 0.15) is 25.3 Å². The topological polar surface area (TPSA) is 59.0 Å². The van der Waals surface area contributed by atoms with Crippen molar-refractivity contribution >= 4 is 5.91 Å². The minimum Gasteiger partial charge on any atom is -0.493 e. The van der Waals surface area contributed by atoms with Gasteiger partial charge in [-0.2, -0.15) is 0 Å². The molecule has 2 rings (SSSR count). The Morgan fingerprint density at radius 2 is 2.05 bits per heavy atom. The number of rotatable bonds is 5. The van der Waals surface area contributed by atoms with Gasteiger partial charge in [0.25, 0.3) is 5.91 Å². The van der Waals surface area contributed by atoms with Crippen molar-refractivity contribution < 1.29 is 19.4 Å². The Hall–Kier alpha value is -1.75. The lowest BCUT2D eigenvalue weighted by molar-refractivity contribution is -0.136. The fourth-order valence-corrected chi connectivity index (χ4v) is 2.35. The standard InChI is InChI=1S/C15H21NO4/c1-11(15(18)16-7-3-4-8-16)20-14-9-12(10-17)5-6-13(14)19-2/h5-6,9,11,17H,3-4,7-8,10H2,1-2H3. The number of ether oxygens (including phenoxy) is 2. The molecule has 1 unspecified atom stereocenters. The highest BCUT2D eigenvalue weighted by Gasteiger charge is 2.25. The minimum absolute atomic E-state index is 0.000968. The van der Waals surface area contributed by atoms with Crippen LogP contribution < -0.4 is 9.47 Å². The number of amides is 1. The van der Waals surface area contributed by atoms with Crippen LogP contribution in [0.3, 0.4) is 0 Å². The van der Waals surface area contributed by atoms with Crippen LogP contribution in [-0.4, -0.2) is 42.2 Å². The summed E-state index contributed by atoms with van der Waals surface area (Å²) in [4.78, 5) is 14.0. The average Bonchev–Trinajstić information content (AvgIpc) is 3.00. The van der Waals surface area contributed by atoms with Gasteiger partial charge in [-0.3, -0.25) is 4.79 Å². The van der Waals surface area contributed by atoms with Gasteiger partial charge in [-0.05, 0) is 37.5 Å². The third-order valence-corrected chi connectivity index (χ3v) is 3.48. The molecule has 5 nitrogen and oxygen atoms in total. The largest absolute Gasteiger partial charge is 0.493 e. The lowest BCUT2D eigenvalue weighted by atomic mass is 10.2. The lowest BCUT2D eigenvalue weighted by Crippen LogP contribution is -2.38. The Balaban J connectivity index is 2.09. The van der Waals surface area contributed by atoms with E-state index in [0.717, 1.165) is 31.5 Å².